The van der Waals surface area contributed by atoms with Crippen molar-refractivity contribution in [2.24, 2.45) is 28.2 Å². The molecular weight excluding hydrogens is 497 g/mol. The minimum absolute atomic E-state index is 0.00390. The first-order valence-corrected chi connectivity index (χ1v) is 13.4. The summed E-state index contributed by atoms with van der Waals surface area (Å²) in [4.78, 5) is 25.6. The summed E-state index contributed by atoms with van der Waals surface area (Å²) in [6.45, 7) is 7.88. The summed E-state index contributed by atoms with van der Waals surface area (Å²) in [7, 11) is 0. The van der Waals surface area contributed by atoms with E-state index in [9.17, 15) is 28.3 Å². The molecule has 4 aliphatic carbocycles. The molecule has 206 valence electrons. The number of piperazine rings is 1. The highest BCUT2D eigenvalue weighted by atomic mass is 19.4. The number of alkyl halides is 3. The second kappa shape index (κ2) is 9.40. The molecule has 38 heavy (non-hydrogen) atoms. The molecule has 5 fully saturated rings. The number of carboxylic acid groups (broad SMARTS) is 1. The number of nitrogens with one attached hydrogen (secondary N) is 1. The van der Waals surface area contributed by atoms with Gasteiger partial charge in [-0.15, -0.1) is 0 Å². The first-order valence-electron chi connectivity index (χ1n) is 13.4. The van der Waals surface area contributed by atoms with Gasteiger partial charge in [-0.3, -0.25) is 20.0 Å². The number of hydrogen-bond acceptors (Lipinski definition) is 6. The summed E-state index contributed by atoms with van der Waals surface area (Å²) >= 11 is 0. The normalized spacial score (nSPS) is 33.8. The number of carboxylic acids is 1. The highest BCUT2D eigenvalue weighted by molar-refractivity contribution is 5.92. The lowest BCUT2D eigenvalue weighted by atomic mass is 9.48. The zero-order valence-corrected chi connectivity index (χ0v) is 22.0. The maximum atomic E-state index is 13.0. The molecule has 6 rings (SSSR count). The lowest BCUT2D eigenvalue weighted by Gasteiger charge is -2.57. The van der Waals surface area contributed by atoms with Gasteiger partial charge in [-0.2, -0.15) is 18.4 Å². The molecule has 4 bridgehead atoms. The van der Waals surface area contributed by atoms with E-state index in [-0.39, 0.29) is 23.9 Å². The van der Waals surface area contributed by atoms with Crippen LogP contribution in [0.3, 0.4) is 0 Å². The van der Waals surface area contributed by atoms with Crippen LogP contribution in [-0.4, -0.2) is 64.1 Å². The van der Waals surface area contributed by atoms with Gasteiger partial charge in [-0.25, -0.2) is 4.98 Å². The van der Waals surface area contributed by atoms with Crippen molar-refractivity contribution in [2.45, 2.75) is 76.7 Å². The number of rotatable bonds is 5. The molecule has 11 heteroatoms. The zero-order chi connectivity index (χ0) is 27.5. The van der Waals surface area contributed by atoms with E-state index in [0.29, 0.717) is 50.0 Å². The molecule has 0 spiro atoms. The number of halogens is 3. The quantitative estimate of drug-likeness (QED) is 0.254. The molecule has 0 aromatic carbocycles. The van der Waals surface area contributed by atoms with Crippen molar-refractivity contribution in [3.05, 3.63) is 23.9 Å². The Balaban J connectivity index is 1.32. The monoisotopic (exact) mass is 532 g/mol. The second-order valence-corrected chi connectivity index (χ2v) is 12.2. The summed E-state index contributed by atoms with van der Waals surface area (Å²) in [6, 6.07) is 2.46. The van der Waals surface area contributed by atoms with Crippen molar-refractivity contribution in [1.29, 1.82) is 5.26 Å². The van der Waals surface area contributed by atoms with Crippen LogP contribution in [-0.2, 0) is 11.0 Å². The van der Waals surface area contributed by atoms with E-state index in [1.165, 1.54) is 6.07 Å². The lowest BCUT2D eigenvalue weighted by Crippen LogP contribution is -2.63. The summed E-state index contributed by atoms with van der Waals surface area (Å²) in [5.74, 6) is 1.30. The lowest BCUT2D eigenvalue weighted by molar-refractivity contribution is -0.166. The predicted molar refractivity (Wildman–Crippen MR) is 135 cm³/mol. The van der Waals surface area contributed by atoms with Crippen LogP contribution in [0.25, 0.3) is 0 Å². The van der Waals surface area contributed by atoms with Crippen molar-refractivity contribution in [3.8, 4) is 6.19 Å². The average molecular weight is 533 g/mol. The molecule has 8 nitrogen and oxygen atoms in total. The number of amidine groups is 1. The van der Waals surface area contributed by atoms with E-state index in [1.807, 2.05) is 25.7 Å². The van der Waals surface area contributed by atoms with Crippen LogP contribution in [0.5, 0.6) is 0 Å². The number of aliphatic carboxylic acids is 1. The molecule has 3 atom stereocenters. The largest absolute Gasteiger partial charge is 0.481 e. The van der Waals surface area contributed by atoms with Crippen molar-refractivity contribution < 1.29 is 23.1 Å². The van der Waals surface area contributed by atoms with Crippen molar-refractivity contribution in [2.75, 3.05) is 24.5 Å². The highest BCUT2D eigenvalue weighted by Gasteiger charge is 2.59. The molecule has 1 saturated heterocycles. The number of aromatic nitrogens is 1. The van der Waals surface area contributed by atoms with Crippen LogP contribution < -0.4 is 10.2 Å². The Hall–Kier alpha value is -2.87. The summed E-state index contributed by atoms with van der Waals surface area (Å²) in [5.41, 5.74) is -1.97. The van der Waals surface area contributed by atoms with Crippen LogP contribution in [0.4, 0.5) is 19.0 Å². The van der Waals surface area contributed by atoms with Crippen LogP contribution in [0, 0.1) is 34.6 Å². The van der Waals surface area contributed by atoms with E-state index >= 15 is 0 Å². The first kappa shape index (κ1) is 26.7. The zero-order valence-electron chi connectivity index (χ0n) is 22.0. The van der Waals surface area contributed by atoms with Gasteiger partial charge in [0.2, 0.25) is 0 Å². The third-order valence-electron chi connectivity index (χ3n) is 9.50. The van der Waals surface area contributed by atoms with Gasteiger partial charge in [-0.1, -0.05) is 0 Å². The van der Waals surface area contributed by atoms with Crippen LogP contribution in [0.1, 0.15) is 58.4 Å². The third kappa shape index (κ3) is 4.61. The number of nitriles is 1. The molecule has 2 N–H and O–H groups in total. The summed E-state index contributed by atoms with van der Waals surface area (Å²) < 4.78 is 38.9. The Kier molecular flexibility index (Phi) is 6.61. The van der Waals surface area contributed by atoms with E-state index in [2.05, 4.69) is 21.4 Å². The van der Waals surface area contributed by atoms with Crippen molar-refractivity contribution in [3.63, 3.8) is 0 Å². The molecule has 1 aromatic heterocycles. The number of nitrogens with zero attached hydrogens (tertiary/aromatic N) is 5. The van der Waals surface area contributed by atoms with Gasteiger partial charge < -0.3 is 10.0 Å². The van der Waals surface area contributed by atoms with Crippen molar-refractivity contribution >= 4 is 17.6 Å². The highest BCUT2D eigenvalue weighted by Crippen LogP contribution is 2.61. The first-order chi connectivity index (χ1) is 17.8. The van der Waals surface area contributed by atoms with E-state index < -0.39 is 28.7 Å². The Bertz CT molecular complexity index is 1130. The Labute approximate surface area is 220 Å². The van der Waals surface area contributed by atoms with Gasteiger partial charge in [-0.05, 0) is 82.8 Å². The summed E-state index contributed by atoms with van der Waals surface area (Å²) in [5, 5.41) is 22.4. The number of carbonyl (C=O) groups is 1. The maximum absolute atomic E-state index is 13.0. The van der Waals surface area contributed by atoms with Crippen molar-refractivity contribution in [1.82, 2.24) is 15.2 Å². The van der Waals surface area contributed by atoms with Crippen LogP contribution in [0.2, 0.25) is 0 Å². The fourth-order valence-corrected chi connectivity index (χ4v) is 7.69. The van der Waals surface area contributed by atoms with Crippen LogP contribution >= 0.6 is 0 Å². The molecule has 4 saturated carbocycles. The number of hydrogen-bond donors (Lipinski definition) is 2. The van der Waals surface area contributed by atoms with E-state index in [0.717, 1.165) is 31.5 Å². The molecule has 0 radical (unpaired) electrons. The molecule has 0 amide bonds. The molecule has 1 aromatic rings. The second-order valence-electron chi connectivity index (χ2n) is 12.2. The SMILES string of the molecule is CC1CN(C(C)(C)C(=NC2C3CC4CC2CC(C(=O)O)(C4)C3)NC#N)CCN1c1ccc(C(F)(F)F)cn1. The molecule has 5 aliphatic rings. The van der Waals surface area contributed by atoms with Gasteiger partial charge in [0.05, 0.1) is 22.6 Å². The number of pyridine rings is 1. The fourth-order valence-electron chi connectivity index (χ4n) is 7.69. The Morgan fingerprint density at radius 3 is 2.42 bits per heavy atom. The molecule has 3 unspecified atom stereocenters. The van der Waals surface area contributed by atoms with Gasteiger partial charge in [0, 0.05) is 31.9 Å². The topological polar surface area (TPSA) is 105 Å². The van der Waals surface area contributed by atoms with Gasteiger partial charge in [0.1, 0.15) is 11.7 Å². The molecular formula is C27H35F3N6O2. The van der Waals surface area contributed by atoms with Crippen LogP contribution in [0.15, 0.2) is 23.3 Å². The maximum Gasteiger partial charge on any atom is 0.417 e. The number of aliphatic imine (C=N–C) groups is 1. The Morgan fingerprint density at radius 1 is 1.21 bits per heavy atom. The minimum Gasteiger partial charge on any atom is -0.481 e. The average Bonchev–Trinajstić information content (AvgIpc) is 2.84. The summed E-state index contributed by atoms with van der Waals surface area (Å²) in [6.07, 6.45) is 2.58. The number of anilines is 1. The third-order valence-corrected chi connectivity index (χ3v) is 9.50. The standard InChI is InChI=1S/C27H35F3N6O2/c1-16-14-35(6-7-36(16)21-5-4-20(13-32-21)27(28,29)30)25(2,3)23(33-15-31)34-22-18-8-17-9-19(22)12-26(10-17,11-18)24(37)38/h4-5,13,16-19,22H,6-12,14H2,1-3H3,(H,33,34)(H,37,38). The van der Waals surface area contributed by atoms with Gasteiger partial charge in [0.25, 0.3) is 0 Å². The fraction of sp³-hybridized carbons (Fsp3) is 0.704. The van der Waals surface area contributed by atoms with E-state index in [1.54, 1.807) is 0 Å². The van der Waals surface area contributed by atoms with Gasteiger partial charge >= 0.3 is 12.1 Å². The molecule has 2 heterocycles. The van der Waals surface area contributed by atoms with E-state index in [4.69, 9.17) is 4.99 Å². The minimum atomic E-state index is -4.42. The molecule has 1 aliphatic heterocycles. The Morgan fingerprint density at radius 2 is 1.89 bits per heavy atom. The predicted octanol–water partition coefficient (Wildman–Crippen LogP) is 4.14. The van der Waals surface area contributed by atoms with Gasteiger partial charge in [0.15, 0.2) is 6.19 Å². The smallest absolute Gasteiger partial charge is 0.417 e.